The highest BCUT2D eigenvalue weighted by molar-refractivity contribution is 7.88. The molecule has 1 aliphatic rings. The minimum absolute atomic E-state index is 0.0401. The van der Waals surface area contributed by atoms with Crippen LogP contribution in [0.5, 0.6) is 0 Å². The highest BCUT2D eigenvalue weighted by Gasteiger charge is 2.22. The number of sulfonamides is 1. The Kier molecular flexibility index (Phi) is 4.69. The predicted molar refractivity (Wildman–Crippen MR) is 76.1 cm³/mol. The van der Waals surface area contributed by atoms with Crippen molar-refractivity contribution in [1.82, 2.24) is 14.6 Å². The van der Waals surface area contributed by atoms with Gasteiger partial charge in [0.05, 0.1) is 18.5 Å². The zero-order valence-electron chi connectivity index (χ0n) is 11.7. The molecule has 0 unspecified atom stereocenters. The van der Waals surface area contributed by atoms with Crippen LogP contribution >= 0.6 is 0 Å². The Hall–Kier alpha value is -1.80. The summed E-state index contributed by atoms with van der Waals surface area (Å²) in [4.78, 5) is 29.2. The predicted octanol–water partition coefficient (Wildman–Crippen LogP) is -0.0641. The van der Waals surface area contributed by atoms with Crippen LogP contribution in [0, 0.1) is 0 Å². The lowest BCUT2D eigenvalue weighted by molar-refractivity contribution is -0.120. The van der Waals surface area contributed by atoms with Crippen molar-refractivity contribution in [2.75, 3.05) is 19.3 Å². The fourth-order valence-electron chi connectivity index (χ4n) is 2.05. The Labute approximate surface area is 123 Å². The first kappa shape index (κ1) is 15.6. The SMILES string of the molecule is CS(=O)(=O)NCc1cc(C(=O)N2CCC(=O)CC2)ccn1. The quantitative estimate of drug-likeness (QED) is 0.840. The maximum absolute atomic E-state index is 12.3. The minimum Gasteiger partial charge on any atom is -0.338 e. The van der Waals surface area contributed by atoms with Crippen LogP contribution in [0.15, 0.2) is 18.3 Å². The van der Waals surface area contributed by atoms with Gasteiger partial charge in [-0.3, -0.25) is 14.6 Å². The van der Waals surface area contributed by atoms with Crippen LogP contribution in [-0.4, -0.2) is 49.3 Å². The van der Waals surface area contributed by atoms with E-state index in [1.807, 2.05) is 0 Å². The molecule has 0 aliphatic carbocycles. The first-order chi connectivity index (χ1) is 9.85. The van der Waals surface area contributed by atoms with Crippen LogP contribution in [0.1, 0.15) is 28.9 Å². The third-order valence-corrected chi connectivity index (χ3v) is 3.86. The molecule has 1 amide bonds. The summed E-state index contributed by atoms with van der Waals surface area (Å²) in [5.74, 6) is 0.0114. The molecule has 1 fully saturated rings. The van der Waals surface area contributed by atoms with E-state index in [1.54, 1.807) is 17.0 Å². The average Bonchev–Trinajstić information content (AvgIpc) is 2.45. The normalized spacial score (nSPS) is 16.0. The largest absolute Gasteiger partial charge is 0.338 e. The number of ketones is 1. The molecule has 2 heterocycles. The standard InChI is InChI=1S/C13H17N3O4S/c1-21(19,20)15-9-11-8-10(2-5-14-11)13(18)16-6-3-12(17)4-7-16/h2,5,8,15H,3-4,6-7,9H2,1H3. The van der Waals surface area contributed by atoms with E-state index in [-0.39, 0.29) is 18.2 Å². The molecule has 0 aromatic carbocycles. The Balaban J connectivity index is 2.06. The summed E-state index contributed by atoms with van der Waals surface area (Å²) in [6.45, 7) is 0.895. The molecule has 1 saturated heterocycles. The number of carbonyl (C=O) groups is 2. The molecule has 1 N–H and O–H groups in total. The van der Waals surface area contributed by atoms with Crippen LogP contribution < -0.4 is 4.72 Å². The second kappa shape index (κ2) is 6.31. The first-order valence-corrected chi connectivity index (χ1v) is 8.45. The van der Waals surface area contributed by atoms with E-state index < -0.39 is 10.0 Å². The zero-order valence-corrected chi connectivity index (χ0v) is 12.5. The van der Waals surface area contributed by atoms with E-state index in [4.69, 9.17) is 0 Å². The second-order valence-electron chi connectivity index (χ2n) is 4.96. The molecule has 1 aromatic heterocycles. The highest BCUT2D eigenvalue weighted by atomic mass is 32.2. The van der Waals surface area contributed by atoms with Crippen molar-refractivity contribution in [3.8, 4) is 0 Å². The molecule has 8 heteroatoms. The molecule has 7 nitrogen and oxygen atoms in total. The Bertz CT molecular complexity index is 647. The monoisotopic (exact) mass is 311 g/mol. The van der Waals surface area contributed by atoms with E-state index in [0.717, 1.165) is 6.26 Å². The Morgan fingerprint density at radius 1 is 1.38 bits per heavy atom. The molecule has 1 aromatic rings. The van der Waals surface area contributed by atoms with Gasteiger partial charge in [0.15, 0.2) is 0 Å². The number of piperidine rings is 1. The number of hydrogen-bond acceptors (Lipinski definition) is 5. The number of pyridine rings is 1. The molecule has 0 bridgehead atoms. The molecule has 21 heavy (non-hydrogen) atoms. The number of carbonyl (C=O) groups excluding carboxylic acids is 2. The van der Waals surface area contributed by atoms with E-state index in [9.17, 15) is 18.0 Å². The smallest absolute Gasteiger partial charge is 0.253 e. The minimum atomic E-state index is -3.30. The fraction of sp³-hybridized carbons (Fsp3) is 0.462. The van der Waals surface area contributed by atoms with Gasteiger partial charge < -0.3 is 4.90 Å². The first-order valence-electron chi connectivity index (χ1n) is 6.56. The zero-order chi connectivity index (χ0) is 15.5. The van der Waals surface area contributed by atoms with Gasteiger partial charge in [0, 0.05) is 37.7 Å². The third-order valence-electron chi connectivity index (χ3n) is 3.19. The maximum atomic E-state index is 12.3. The topological polar surface area (TPSA) is 96.4 Å². The number of Topliss-reactive ketones (excluding diaryl/α,β-unsaturated/α-hetero) is 1. The van der Waals surface area contributed by atoms with E-state index in [2.05, 4.69) is 9.71 Å². The number of nitrogens with zero attached hydrogens (tertiary/aromatic N) is 2. The summed E-state index contributed by atoms with van der Waals surface area (Å²) < 4.78 is 24.4. The van der Waals surface area contributed by atoms with Crippen LogP contribution in [0.4, 0.5) is 0 Å². The van der Waals surface area contributed by atoms with Crippen LogP contribution in [0.2, 0.25) is 0 Å². The van der Waals surface area contributed by atoms with Crippen molar-refractivity contribution in [2.45, 2.75) is 19.4 Å². The third kappa shape index (κ3) is 4.61. The molecule has 114 valence electrons. The Morgan fingerprint density at radius 3 is 2.67 bits per heavy atom. The van der Waals surface area contributed by atoms with Gasteiger partial charge in [0.1, 0.15) is 5.78 Å². The molecular weight excluding hydrogens is 294 g/mol. The van der Waals surface area contributed by atoms with E-state index in [0.29, 0.717) is 37.2 Å². The van der Waals surface area contributed by atoms with Crippen molar-refractivity contribution < 1.29 is 18.0 Å². The molecule has 0 atom stereocenters. The number of nitrogens with one attached hydrogen (secondary N) is 1. The van der Waals surface area contributed by atoms with Crippen LogP contribution in [0.25, 0.3) is 0 Å². The molecule has 0 spiro atoms. The van der Waals surface area contributed by atoms with Gasteiger partial charge in [0.2, 0.25) is 10.0 Å². The molecule has 0 radical (unpaired) electrons. The van der Waals surface area contributed by atoms with Crippen molar-refractivity contribution in [3.05, 3.63) is 29.6 Å². The summed E-state index contributed by atoms with van der Waals surface area (Å²) >= 11 is 0. The lowest BCUT2D eigenvalue weighted by Gasteiger charge is -2.26. The van der Waals surface area contributed by atoms with Gasteiger partial charge >= 0.3 is 0 Å². The number of hydrogen-bond donors (Lipinski definition) is 1. The van der Waals surface area contributed by atoms with Gasteiger partial charge in [-0.25, -0.2) is 13.1 Å². The fourth-order valence-corrected chi connectivity index (χ4v) is 2.46. The van der Waals surface area contributed by atoms with Gasteiger partial charge in [-0.15, -0.1) is 0 Å². The lowest BCUT2D eigenvalue weighted by atomic mass is 10.1. The average molecular weight is 311 g/mol. The summed E-state index contributed by atoms with van der Waals surface area (Å²) in [5, 5.41) is 0. The molecular formula is C13H17N3O4S. The van der Waals surface area contributed by atoms with Crippen molar-refractivity contribution in [2.24, 2.45) is 0 Å². The van der Waals surface area contributed by atoms with Gasteiger partial charge in [-0.2, -0.15) is 0 Å². The number of aromatic nitrogens is 1. The van der Waals surface area contributed by atoms with Crippen molar-refractivity contribution in [1.29, 1.82) is 0 Å². The maximum Gasteiger partial charge on any atom is 0.253 e. The van der Waals surface area contributed by atoms with Crippen LogP contribution in [-0.2, 0) is 21.4 Å². The number of rotatable bonds is 4. The van der Waals surface area contributed by atoms with E-state index >= 15 is 0 Å². The number of amides is 1. The summed E-state index contributed by atoms with van der Waals surface area (Å²) in [5.41, 5.74) is 0.920. The molecule has 1 aliphatic heterocycles. The summed E-state index contributed by atoms with van der Waals surface area (Å²) in [6.07, 6.45) is 3.31. The van der Waals surface area contributed by atoms with Crippen molar-refractivity contribution >= 4 is 21.7 Å². The van der Waals surface area contributed by atoms with Crippen LogP contribution in [0.3, 0.4) is 0 Å². The summed E-state index contributed by atoms with van der Waals surface area (Å²) in [6, 6.07) is 3.15. The highest BCUT2D eigenvalue weighted by Crippen LogP contribution is 2.12. The van der Waals surface area contributed by atoms with Gasteiger partial charge in [-0.05, 0) is 12.1 Å². The second-order valence-corrected chi connectivity index (χ2v) is 6.79. The van der Waals surface area contributed by atoms with Gasteiger partial charge in [0.25, 0.3) is 5.91 Å². The van der Waals surface area contributed by atoms with Gasteiger partial charge in [-0.1, -0.05) is 0 Å². The van der Waals surface area contributed by atoms with E-state index in [1.165, 1.54) is 6.20 Å². The van der Waals surface area contributed by atoms with Crippen molar-refractivity contribution in [3.63, 3.8) is 0 Å². The Morgan fingerprint density at radius 2 is 2.05 bits per heavy atom. The molecule has 0 saturated carbocycles. The lowest BCUT2D eigenvalue weighted by Crippen LogP contribution is -2.38. The summed E-state index contributed by atoms with van der Waals surface area (Å²) in [7, 11) is -3.30. The number of likely N-dealkylation sites (tertiary alicyclic amines) is 1. The molecule has 2 rings (SSSR count).